The third-order valence-corrected chi connectivity index (χ3v) is 6.71. The van der Waals surface area contributed by atoms with Crippen molar-refractivity contribution < 1.29 is 0 Å². The smallest absolute Gasteiger partial charge is 0.0111 e. The maximum atomic E-state index is 2.26. The number of benzene rings is 6. The van der Waals surface area contributed by atoms with Gasteiger partial charge >= 0.3 is 0 Å². The van der Waals surface area contributed by atoms with Crippen molar-refractivity contribution in [2.24, 2.45) is 0 Å². The summed E-state index contributed by atoms with van der Waals surface area (Å²) in [6.07, 6.45) is 4.41. The molecule has 0 heteroatoms. The van der Waals surface area contributed by atoms with Gasteiger partial charge in [-0.05, 0) is 61.3 Å². The molecule has 0 aliphatic heterocycles. The van der Waals surface area contributed by atoms with Crippen LogP contribution in [0, 0.1) is 0 Å². The minimum Gasteiger partial charge on any atom is -0.0622 e. The van der Waals surface area contributed by atoms with E-state index in [4.69, 9.17) is 0 Å². The first-order valence-corrected chi connectivity index (χ1v) is 12.4. The van der Waals surface area contributed by atoms with Crippen molar-refractivity contribution >= 4 is 22.9 Å². The summed E-state index contributed by atoms with van der Waals surface area (Å²) >= 11 is 0. The number of hydrogen-bond acceptors (Lipinski definition) is 0. The van der Waals surface area contributed by atoms with E-state index in [1.807, 2.05) is 0 Å². The van der Waals surface area contributed by atoms with Crippen molar-refractivity contribution in [3.05, 3.63) is 157 Å². The molecule has 0 bridgehead atoms. The van der Waals surface area contributed by atoms with E-state index >= 15 is 0 Å². The summed E-state index contributed by atoms with van der Waals surface area (Å²) in [7, 11) is 0. The molecule has 6 aromatic rings. The van der Waals surface area contributed by atoms with E-state index in [2.05, 4.69) is 158 Å². The summed E-state index contributed by atoms with van der Waals surface area (Å²) in [6, 6.07) is 51.9. The van der Waals surface area contributed by atoms with E-state index in [-0.39, 0.29) is 0 Å². The molecule has 6 rings (SSSR count). The molecule has 0 nitrogen and oxygen atoms in total. The normalized spacial score (nSPS) is 11.2. The molecule has 0 N–H and O–H groups in total. The van der Waals surface area contributed by atoms with Gasteiger partial charge in [0.1, 0.15) is 0 Å². The largest absolute Gasteiger partial charge is 0.0622 e. The number of hydrogen-bond donors (Lipinski definition) is 0. The van der Waals surface area contributed by atoms with Crippen LogP contribution in [-0.4, -0.2) is 0 Å². The molecule has 0 unspecified atom stereocenters. The van der Waals surface area contributed by atoms with Gasteiger partial charge in [-0.1, -0.05) is 152 Å². The second-order valence-corrected chi connectivity index (χ2v) is 9.05. The molecule has 6 aromatic carbocycles. The Kier molecular flexibility index (Phi) is 6.00. The first-order valence-electron chi connectivity index (χ1n) is 12.4. The third kappa shape index (κ3) is 4.62. The van der Waals surface area contributed by atoms with E-state index in [0.717, 1.165) is 0 Å². The van der Waals surface area contributed by atoms with Gasteiger partial charge in [0, 0.05) is 0 Å². The lowest BCUT2D eigenvalue weighted by atomic mass is 9.96. The van der Waals surface area contributed by atoms with E-state index in [0.29, 0.717) is 0 Å². The molecule has 0 saturated carbocycles. The third-order valence-electron chi connectivity index (χ3n) is 6.71. The summed E-state index contributed by atoms with van der Waals surface area (Å²) in [5, 5.41) is 2.54. The first-order chi connectivity index (χ1) is 17.8. The van der Waals surface area contributed by atoms with Gasteiger partial charge in [0.15, 0.2) is 0 Å². The van der Waals surface area contributed by atoms with E-state index in [1.54, 1.807) is 0 Å². The Bertz CT molecular complexity index is 1640. The minimum atomic E-state index is 1.19. The highest BCUT2D eigenvalue weighted by molar-refractivity contribution is 5.87. The fraction of sp³-hybridized carbons (Fsp3) is 0. The Balaban J connectivity index is 1.23. The van der Waals surface area contributed by atoms with Crippen LogP contribution < -0.4 is 0 Å². The molecule has 0 saturated heterocycles. The Morgan fingerprint density at radius 2 is 0.889 bits per heavy atom. The van der Waals surface area contributed by atoms with E-state index in [1.165, 1.54) is 55.3 Å². The summed E-state index contributed by atoms with van der Waals surface area (Å²) in [5.41, 5.74) is 9.81. The number of fused-ring (bicyclic) bond motifs is 1. The Labute approximate surface area is 212 Å². The highest BCUT2D eigenvalue weighted by Gasteiger charge is 2.04. The lowest BCUT2D eigenvalue weighted by Gasteiger charge is -2.08. The van der Waals surface area contributed by atoms with Crippen LogP contribution >= 0.6 is 0 Å². The molecule has 0 heterocycles. The highest BCUT2D eigenvalue weighted by Crippen LogP contribution is 2.29. The highest BCUT2D eigenvalue weighted by atomic mass is 14.1. The Morgan fingerprint density at radius 1 is 0.333 bits per heavy atom. The van der Waals surface area contributed by atoms with Gasteiger partial charge in [0.25, 0.3) is 0 Å². The fourth-order valence-electron chi connectivity index (χ4n) is 4.72. The van der Waals surface area contributed by atoms with Crippen molar-refractivity contribution in [2.45, 2.75) is 0 Å². The molecule has 0 aromatic heterocycles. The van der Waals surface area contributed by atoms with Crippen LogP contribution in [0.4, 0.5) is 0 Å². The predicted octanol–water partition coefficient (Wildman–Crippen LogP) is 10.0. The Hall–Kier alpha value is -4.68. The van der Waals surface area contributed by atoms with Crippen molar-refractivity contribution in [2.75, 3.05) is 0 Å². The van der Waals surface area contributed by atoms with E-state index < -0.39 is 0 Å². The predicted molar refractivity (Wildman–Crippen MR) is 156 cm³/mol. The molecule has 0 aliphatic carbocycles. The van der Waals surface area contributed by atoms with Gasteiger partial charge in [-0.15, -0.1) is 0 Å². The first kappa shape index (κ1) is 21.8. The van der Waals surface area contributed by atoms with Crippen molar-refractivity contribution in [1.29, 1.82) is 0 Å². The molecule has 0 amide bonds. The Morgan fingerprint density at radius 3 is 1.69 bits per heavy atom. The van der Waals surface area contributed by atoms with Crippen LogP contribution in [0.5, 0.6) is 0 Å². The minimum absolute atomic E-state index is 1.19. The van der Waals surface area contributed by atoms with Gasteiger partial charge in [-0.2, -0.15) is 0 Å². The molecule has 0 fully saturated rings. The second kappa shape index (κ2) is 9.90. The summed E-state index contributed by atoms with van der Waals surface area (Å²) in [6.45, 7) is 0. The molecule has 36 heavy (non-hydrogen) atoms. The molecular formula is C36H26. The molecule has 0 radical (unpaired) electrons. The van der Waals surface area contributed by atoms with Gasteiger partial charge in [0.2, 0.25) is 0 Å². The van der Waals surface area contributed by atoms with Crippen LogP contribution in [0.1, 0.15) is 11.1 Å². The molecule has 170 valence electrons. The van der Waals surface area contributed by atoms with Crippen LogP contribution in [0.3, 0.4) is 0 Å². The molecular weight excluding hydrogens is 432 g/mol. The standard InChI is InChI=1S/C36H26/c1-2-8-28(9-3-1)30-20-23-33(24-21-30)36-13-7-6-11-32(36)19-16-27-14-17-31(18-15-27)35-25-22-29-10-4-5-12-34(29)26-35/h1-26H. The van der Waals surface area contributed by atoms with Crippen molar-refractivity contribution in [3.8, 4) is 33.4 Å². The lowest BCUT2D eigenvalue weighted by Crippen LogP contribution is -1.84. The van der Waals surface area contributed by atoms with Gasteiger partial charge < -0.3 is 0 Å². The average Bonchev–Trinajstić information content (AvgIpc) is 2.97. The fourth-order valence-corrected chi connectivity index (χ4v) is 4.72. The summed E-state index contributed by atoms with van der Waals surface area (Å²) < 4.78 is 0. The van der Waals surface area contributed by atoms with E-state index in [9.17, 15) is 0 Å². The maximum absolute atomic E-state index is 2.26. The maximum Gasteiger partial charge on any atom is -0.0111 e. The molecule has 0 atom stereocenters. The van der Waals surface area contributed by atoms with Crippen LogP contribution in [-0.2, 0) is 0 Å². The SMILES string of the molecule is C(=Cc1ccccc1-c1ccc(-c2ccccc2)cc1)c1ccc(-c2ccc3ccccc3c2)cc1. The zero-order valence-electron chi connectivity index (χ0n) is 20.0. The number of rotatable bonds is 5. The van der Waals surface area contributed by atoms with Crippen molar-refractivity contribution in [1.82, 2.24) is 0 Å². The van der Waals surface area contributed by atoms with Crippen LogP contribution in [0.15, 0.2) is 146 Å². The van der Waals surface area contributed by atoms with Crippen LogP contribution in [0.25, 0.3) is 56.3 Å². The summed E-state index contributed by atoms with van der Waals surface area (Å²) in [5.74, 6) is 0. The lowest BCUT2D eigenvalue weighted by molar-refractivity contribution is 1.57. The average molecular weight is 459 g/mol. The zero-order valence-corrected chi connectivity index (χ0v) is 20.0. The quantitative estimate of drug-likeness (QED) is 0.225. The topological polar surface area (TPSA) is 0 Å². The zero-order chi connectivity index (χ0) is 24.2. The van der Waals surface area contributed by atoms with Crippen molar-refractivity contribution in [3.63, 3.8) is 0 Å². The van der Waals surface area contributed by atoms with Gasteiger partial charge in [-0.3, -0.25) is 0 Å². The molecule has 0 aliphatic rings. The molecule has 0 spiro atoms. The van der Waals surface area contributed by atoms with Gasteiger partial charge in [-0.25, -0.2) is 0 Å². The van der Waals surface area contributed by atoms with Crippen LogP contribution in [0.2, 0.25) is 0 Å². The van der Waals surface area contributed by atoms with Gasteiger partial charge in [0.05, 0.1) is 0 Å². The summed E-state index contributed by atoms with van der Waals surface area (Å²) in [4.78, 5) is 0. The monoisotopic (exact) mass is 458 g/mol. The second-order valence-electron chi connectivity index (χ2n) is 9.05.